The number of carboxylic acids is 1. The van der Waals surface area contributed by atoms with Gasteiger partial charge in [0.05, 0.1) is 39.0 Å². The van der Waals surface area contributed by atoms with Crippen LogP contribution in [0.2, 0.25) is 0 Å². The van der Waals surface area contributed by atoms with Gasteiger partial charge in [0.15, 0.2) is 6.29 Å². The number of unbranched alkanes of at least 4 members (excludes halogenated alkanes) is 3. The third-order valence-corrected chi connectivity index (χ3v) is 9.85. The number of carboxylic acid groups (broad SMARTS) is 1. The molecule has 0 spiro atoms. The lowest BCUT2D eigenvalue weighted by Crippen LogP contribution is -2.23. The average Bonchev–Trinajstić information content (AvgIpc) is 3.89. The molecular formula is C40H49N11O5. The van der Waals surface area contributed by atoms with Crippen molar-refractivity contribution in [3.05, 3.63) is 81.9 Å². The highest BCUT2D eigenvalue weighted by Crippen LogP contribution is 2.26. The highest BCUT2D eigenvalue weighted by Gasteiger charge is 2.25. The lowest BCUT2D eigenvalue weighted by atomic mass is 10.0. The van der Waals surface area contributed by atoms with Crippen LogP contribution in [-0.4, -0.2) is 74.9 Å². The topological polar surface area (TPSA) is 210 Å². The number of anilines is 2. The summed E-state index contributed by atoms with van der Waals surface area (Å²) in [7, 11) is 1.78. The van der Waals surface area contributed by atoms with Gasteiger partial charge in [-0.05, 0) is 94.3 Å². The highest BCUT2D eigenvalue weighted by atomic mass is 16.4. The molecule has 4 heterocycles. The fraction of sp³-hybridized carbons (Fsp3) is 0.400. The van der Waals surface area contributed by atoms with Crippen LogP contribution >= 0.6 is 0 Å². The SMILES string of the molecule is CNc1nc2cc(C(=O)O)ccc2n1CCCCn1c(NC(=O)c2c(CCCCCn3nc(C)cc3C=O)c(C)nn2CC(C)C)nc2cc(C(N)=O)ccc21. The first-order valence-corrected chi connectivity index (χ1v) is 19.0. The molecule has 0 radical (unpaired) electrons. The standard InChI is InChI=1S/C40H49N11O5/c1-24(2)22-51-35(30(26(4)47-51)11-7-6-8-18-50-29(23-52)19-25(3)46-50)37(54)45-40-44-31-20-27(36(41)53)12-14-34(31)49(40)17-10-9-16-48-33-15-13-28(38(55)56)21-32(33)43-39(48)42-5/h12-15,19-21,23-24H,6-11,16-18,22H2,1-5H3,(H2,41,53)(H,42,43)(H,55,56)(H,44,45,54). The number of hydrogen-bond acceptors (Lipinski definition) is 9. The molecule has 0 bridgehead atoms. The van der Waals surface area contributed by atoms with Crippen molar-refractivity contribution >= 4 is 58.0 Å². The average molecular weight is 764 g/mol. The summed E-state index contributed by atoms with van der Waals surface area (Å²) in [6.07, 6.45) is 5.43. The summed E-state index contributed by atoms with van der Waals surface area (Å²) in [6.45, 7) is 10.3. The Kier molecular flexibility index (Phi) is 12.0. The van der Waals surface area contributed by atoms with Crippen LogP contribution in [0.3, 0.4) is 0 Å². The zero-order chi connectivity index (χ0) is 40.1. The number of primary amides is 1. The Morgan fingerprint density at radius 3 is 2.07 bits per heavy atom. The molecule has 56 heavy (non-hydrogen) atoms. The number of nitrogens with one attached hydrogen (secondary N) is 2. The number of fused-ring (bicyclic) bond motifs is 2. The van der Waals surface area contributed by atoms with E-state index < -0.39 is 11.9 Å². The number of carbonyl (C=O) groups excluding carboxylic acids is 3. The van der Waals surface area contributed by atoms with E-state index in [9.17, 15) is 24.3 Å². The fourth-order valence-electron chi connectivity index (χ4n) is 7.22. The maximum Gasteiger partial charge on any atom is 0.335 e. The third-order valence-electron chi connectivity index (χ3n) is 9.85. The van der Waals surface area contributed by atoms with Gasteiger partial charge in [-0.25, -0.2) is 14.8 Å². The lowest BCUT2D eigenvalue weighted by molar-refractivity contribution is 0.0696. The molecule has 16 nitrogen and oxygen atoms in total. The predicted molar refractivity (Wildman–Crippen MR) is 213 cm³/mol. The Labute approximate surface area is 324 Å². The smallest absolute Gasteiger partial charge is 0.335 e. The number of imidazole rings is 2. The first-order valence-electron chi connectivity index (χ1n) is 19.0. The number of aryl methyl sites for hydroxylation is 5. The van der Waals surface area contributed by atoms with Gasteiger partial charge in [0, 0.05) is 44.4 Å². The first kappa shape index (κ1) is 39.4. The molecule has 0 aliphatic carbocycles. The van der Waals surface area contributed by atoms with E-state index >= 15 is 0 Å². The van der Waals surface area contributed by atoms with Gasteiger partial charge >= 0.3 is 5.97 Å². The molecule has 294 valence electrons. The van der Waals surface area contributed by atoms with Gasteiger partial charge < -0.3 is 25.3 Å². The van der Waals surface area contributed by atoms with E-state index in [1.807, 2.05) is 23.0 Å². The Bertz CT molecular complexity index is 2420. The second-order valence-corrected chi connectivity index (χ2v) is 14.5. The van der Waals surface area contributed by atoms with Crippen LogP contribution in [0.4, 0.5) is 11.9 Å². The number of carbonyl (C=O) groups is 4. The number of aromatic carboxylic acids is 1. The molecule has 4 aromatic heterocycles. The maximum absolute atomic E-state index is 14.3. The van der Waals surface area contributed by atoms with Gasteiger partial charge in [-0.3, -0.25) is 29.1 Å². The monoisotopic (exact) mass is 763 g/mol. The summed E-state index contributed by atoms with van der Waals surface area (Å²) in [5, 5.41) is 24.9. The molecule has 0 saturated carbocycles. The highest BCUT2D eigenvalue weighted by molar-refractivity contribution is 6.04. The molecule has 5 N–H and O–H groups in total. The minimum atomic E-state index is -1.01. The second-order valence-electron chi connectivity index (χ2n) is 14.5. The molecule has 0 atom stereocenters. The number of nitrogens with two attached hydrogens (primary N) is 1. The molecule has 6 aromatic rings. The minimum absolute atomic E-state index is 0.173. The van der Waals surface area contributed by atoms with Crippen LogP contribution in [0.15, 0.2) is 42.5 Å². The van der Waals surface area contributed by atoms with Crippen molar-refractivity contribution in [2.24, 2.45) is 11.7 Å². The van der Waals surface area contributed by atoms with E-state index in [0.29, 0.717) is 78.9 Å². The van der Waals surface area contributed by atoms with Crippen LogP contribution < -0.4 is 16.4 Å². The maximum atomic E-state index is 14.3. The van der Waals surface area contributed by atoms with Crippen molar-refractivity contribution in [1.82, 2.24) is 38.7 Å². The van der Waals surface area contributed by atoms with Crippen molar-refractivity contribution in [1.29, 1.82) is 0 Å². The Morgan fingerprint density at radius 1 is 0.821 bits per heavy atom. The van der Waals surface area contributed by atoms with Gasteiger partial charge in [0.25, 0.3) is 5.91 Å². The number of rotatable bonds is 19. The van der Waals surface area contributed by atoms with E-state index in [-0.39, 0.29) is 17.4 Å². The number of benzene rings is 2. The minimum Gasteiger partial charge on any atom is -0.478 e. The fourth-order valence-corrected chi connectivity index (χ4v) is 7.22. The van der Waals surface area contributed by atoms with Crippen LogP contribution in [0.25, 0.3) is 22.1 Å². The van der Waals surface area contributed by atoms with Gasteiger partial charge in [0.2, 0.25) is 17.8 Å². The van der Waals surface area contributed by atoms with Crippen molar-refractivity contribution < 1.29 is 24.3 Å². The summed E-state index contributed by atoms with van der Waals surface area (Å²) in [6, 6.07) is 11.8. The van der Waals surface area contributed by atoms with Gasteiger partial charge in [-0.2, -0.15) is 10.2 Å². The van der Waals surface area contributed by atoms with Gasteiger partial charge in [0.1, 0.15) is 11.4 Å². The Balaban J connectivity index is 1.21. The molecule has 0 unspecified atom stereocenters. The Hall–Kier alpha value is -6.32. The van der Waals surface area contributed by atoms with Gasteiger partial charge in [-0.15, -0.1) is 0 Å². The van der Waals surface area contributed by atoms with E-state index in [2.05, 4.69) is 34.6 Å². The molecule has 0 fully saturated rings. The first-order chi connectivity index (χ1) is 26.9. The van der Waals surface area contributed by atoms with Crippen LogP contribution in [0.1, 0.15) is 105 Å². The van der Waals surface area contributed by atoms with E-state index in [1.54, 1.807) is 58.9 Å². The van der Waals surface area contributed by atoms with Crippen molar-refractivity contribution in [3.8, 4) is 0 Å². The summed E-state index contributed by atoms with van der Waals surface area (Å²) in [4.78, 5) is 58.7. The van der Waals surface area contributed by atoms with Crippen LogP contribution in [0.5, 0.6) is 0 Å². The number of aldehydes is 1. The molecule has 0 saturated heterocycles. The molecule has 0 aliphatic rings. The van der Waals surface area contributed by atoms with Crippen LogP contribution in [-0.2, 0) is 32.6 Å². The number of aromatic nitrogens is 8. The predicted octanol–water partition coefficient (Wildman–Crippen LogP) is 5.85. The number of hydrogen-bond donors (Lipinski definition) is 4. The molecule has 16 heteroatoms. The van der Waals surface area contributed by atoms with E-state index in [0.717, 1.165) is 60.0 Å². The van der Waals surface area contributed by atoms with Crippen molar-refractivity contribution in [3.63, 3.8) is 0 Å². The molecule has 2 amide bonds. The molecule has 2 aromatic carbocycles. The van der Waals surface area contributed by atoms with Gasteiger partial charge in [-0.1, -0.05) is 20.3 Å². The summed E-state index contributed by atoms with van der Waals surface area (Å²) < 4.78 is 7.50. The molecule has 0 aliphatic heterocycles. The van der Waals surface area contributed by atoms with Crippen LogP contribution in [0, 0.1) is 19.8 Å². The summed E-state index contributed by atoms with van der Waals surface area (Å²) in [5.41, 5.74) is 12.3. The zero-order valence-corrected chi connectivity index (χ0v) is 32.5. The van der Waals surface area contributed by atoms with Crippen molar-refractivity contribution in [2.75, 3.05) is 17.7 Å². The Morgan fingerprint density at radius 2 is 1.45 bits per heavy atom. The summed E-state index contributed by atoms with van der Waals surface area (Å²) >= 11 is 0. The second kappa shape index (κ2) is 17.0. The number of nitrogens with zero attached hydrogens (tertiary/aromatic N) is 8. The zero-order valence-electron chi connectivity index (χ0n) is 32.5. The normalized spacial score (nSPS) is 11.5. The quantitative estimate of drug-likeness (QED) is 0.0571. The largest absolute Gasteiger partial charge is 0.478 e. The summed E-state index contributed by atoms with van der Waals surface area (Å²) in [5.74, 6) is -0.683. The van der Waals surface area contributed by atoms with Crippen molar-refractivity contribution in [2.45, 2.75) is 92.4 Å². The number of amides is 2. The van der Waals surface area contributed by atoms with E-state index in [4.69, 9.17) is 15.8 Å². The van der Waals surface area contributed by atoms with E-state index in [1.165, 1.54) is 0 Å². The third kappa shape index (κ3) is 8.48. The molecule has 6 rings (SSSR count). The lowest BCUT2D eigenvalue weighted by Gasteiger charge is -2.14. The molecular weight excluding hydrogens is 715 g/mol.